The van der Waals surface area contributed by atoms with Crippen molar-refractivity contribution in [3.63, 3.8) is 0 Å². The van der Waals surface area contributed by atoms with Gasteiger partial charge in [0.2, 0.25) is 17.8 Å². The molecule has 0 fully saturated rings. The summed E-state index contributed by atoms with van der Waals surface area (Å²) in [6.07, 6.45) is 0. The minimum atomic E-state index is -0.210. The molecular formula is C20H19N7OS. The van der Waals surface area contributed by atoms with Crippen molar-refractivity contribution in [2.75, 3.05) is 22.1 Å². The number of hydrogen-bond donors (Lipinski definition) is 3. The van der Waals surface area contributed by atoms with Crippen molar-refractivity contribution in [2.45, 2.75) is 12.7 Å². The molecule has 3 rings (SSSR count). The van der Waals surface area contributed by atoms with Gasteiger partial charge in [-0.3, -0.25) is 4.79 Å². The number of nitrogens with zero attached hydrogens (tertiary/aromatic N) is 4. The summed E-state index contributed by atoms with van der Waals surface area (Å²) in [6, 6.07) is 16.7. The van der Waals surface area contributed by atoms with E-state index < -0.39 is 0 Å². The lowest BCUT2D eigenvalue weighted by Crippen LogP contribution is -2.15. The summed E-state index contributed by atoms with van der Waals surface area (Å²) in [7, 11) is 0. The van der Waals surface area contributed by atoms with E-state index >= 15 is 0 Å². The van der Waals surface area contributed by atoms with Crippen LogP contribution in [0.4, 0.5) is 23.3 Å². The summed E-state index contributed by atoms with van der Waals surface area (Å²) in [6.45, 7) is 1.98. The van der Waals surface area contributed by atoms with Gasteiger partial charge < -0.3 is 16.4 Å². The number of carbonyl (C=O) groups excluding carboxylic acids is 1. The van der Waals surface area contributed by atoms with E-state index in [1.54, 1.807) is 24.3 Å². The summed E-state index contributed by atoms with van der Waals surface area (Å²) < 4.78 is 0. The first-order chi connectivity index (χ1) is 14.0. The SMILES string of the molecule is Cc1ccccc1Nc1nc(N)nc(CSCC(=O)Nc2ccccc2C#N)n1. The molecule has 4 N–H and O–H groups in total. The van der Waals surface area contributed by atoms with Crippen LogP contribution in [0.5, 0.6) is 0 Å². The zero-order chi connectivity index (χ0) is 20.6. The molecular weight excluding hydrogens is 386 g/mol. The summed E-state index contributed by atoms with van der Waals surface area (Å²) in [5.41, 5.74) is 8.64. The molecule has 146 valence electrons. The number of nitrogens with one attached hydrogen (secondary N) is 2. The summed E-state index contributed by atoms with van der Waals surface area (Å²) >= 11 is 1.34. The molecule has 0 aliphatic carbocycles. The molecule has 0 spiro atoms. The highest BCUT2D eigenvalue weighted by Crippen LogP contribution is 2.19. The number of anilines is 4. The third-order valence-electron chi connectivity index (χ3n) is 3.88. The van der Waals surface area contributed by atoms with Crippen LogP contribution in [0.25, 0.3) is 0 Å². The Hall–Kier alpha value is -3.64. The molecule has 8 nitrogen and oxygen atoms in total. The van der Waals surface area contributed by atoms with Crippen LogP contribution in [0.15, 0.2) is 48.5 Å². The van der Waals surface area contributed by atoms with Crippen LogP contribution in [0.2, 0.25) is 0 Å². The summed E-state index contributed by atoms with van der Waals surface area (Å²) in [4.78, 5) is 24.8. The van der Waals surface area contributed by atoms with Gasteiger partial charge in [0.25, 0.3) is 0 Å². The second kappa shape index (κ2) is 9.52. The Bertz CT molecular complexity index is 1060. The first-order valence-corrected chi connectivity index (χ1v) is 9.90. The van der Waals surface area contributed by atoms with Crippen molar-refractivity contribution < 1.29 is 4.79 Å². The highest BCUT2D eigenvalue weighted by atomic mass is 32.2. The van der Waals surface area contributed by atoms with Crippen LogP contribution in [0, 0.1) is 18.3 Å². The fourth-order valence-electron chi connectivity index (χ4n) is 2.50. The summed E-state index contributed by atoms with van der Waals surface area (Å²) in [5.74, 6) is 1.31. The molecule has 29 heavy (non-hydrogen) atoms. The van der Waals surface area contributed by atoms with Gasteiger partial charge in [-0.05, 0) is 30.7 Å². The van der Waals surface area contributed by atoms with E-state index in [2.05, 4.69) is 25.6 Å². The smallest absolute Gasteiger partial charge is 0.234 e. The number of aromatic nitrogens is 3. The number of hydrogen-bond acceptors (Lipinski definition) is 8. The zero-order valence-electron chi connectivity index (χ0n) is 15.7. The standard InChI is InChI=1S/C20H19N7OS/c1-13-6-2-4-8-15(13)24-20-26-17(25-19(22)27-20)11-29-12-18(28)23-16-9-5-3-7-14(16)10-21/h2-9H,11-12H2,1H3,(H,23,28)(H3,22,24,25,26,27). The Morgan fingerprint density at radius 3 is 2.59 bits per heavy atom. The lowest BCUT2D eigenvalue weighted by molar-refractivity contribution is -0.113. The molecule has 1 amide bonds. The van der Waals surface area contributed by atoms with E-state index in [1.165, 1.54) is 11.8 Å². The fraction of sp³-hybridized carbons (Fsp3) is 0.150. The van der Waals surface area contributed by atoms with E-state index in [0.717, 1.165) is 11.3 Å². The third kappa shape index (κ3) is 5.67. The van der Waals surface area contributed by atoms with Crippen molar-refractivity contribution in [2.24, 2.45) is 0 Å². The lowest BCUT2D eigenvalue weighted by Gasteiger charge is -2.09. The normalized spacial score (nSPS) is 10.2. The van der Waals surface area contributed by atoms with Gasteiger partial charge in [-0.2, -0.15) is 20.2 Å². The van der Waals surface area contributed by atoms with E-state index in [9.17, 15) is 4.79 Å². The van der Waals surface area contributed by atoms with Gasteiger partial charge in [-0.15, -0.1) is 11.8 Å². The minimum Gasteiger partial charge on any atom is -0.368 e. The maximum absolute atomic E-state index is 12.2. The van der Waals surface area contributed by atoms with Crippen molar-refractivity contribution in [1.29, 1.82) is 5.26 Å². The zero-order valence-corrected chi connectivity index (χ0v) is 16.5. The number of benzene rings is 2. The molecule has 0 unspecified atom stereocenters. The number of nitriles is 1. The predicted octanol–water partition coefficient (Wildman–Crippen LogP) is 3.25. The average Bonchev–Trinajstić information content (AvgIpc) is 2.70. The van der Waals surface area contributed by atoms with Gasteiger partial charge in [0.1, 0.15) is 11.9 Å². The highest BCUT2D eigenvalue weighted by Gasteiger charge is 2.09. The van der Waals surface area contributed by atoms with Crippen LogP contribution in [0.1, 0.15) is 17.0 Å². The van der Waals surface area contributed by atoms with Gasteiger partial charge >= 0.3 is 0 Å². The molecule has 0 saturated carbocycles. The van der Waals surface area contributed by atoms with Crippen molar-refractivity contribution in [3.8, 4) is 6.07 Å². The molecule has 3 aromatic rings. The van der Waals surface area contributed by atoms with Gasteiger partial charge in [0.05, 0.1) is 22.8 Å². The number of carbonyl (C=O) groups is 1. The van der Waals surface area contributed by atoms with Crippen molar-refractivity contribution in [1.82, 2.24) is 15.0 Å². The molecule has 0 saturated heterocycles. The van der Waals surface area contributed by atoms with Gasteiger partial charge in [0, 0.05) is 5.69 Å². The molecule has 0 atom stereocenters. The maximum Gasteiger partial charge on any atom is 0.234 e. The Morgan fingerprint density at radius 2 is 1.83 bits per heavy atom. The molecule has 0 radical (unpaired) electrons. The van der Waals surface area contributed by atoms with Crippen LogP contribution >= 0.6 is 11.8 Å². The Morgan fingerprint density at radius 1 is 1.10 bits per heavy atom. The van der Waals surface area contributed by atoms with E-state index in [-0.39, 0.29) is 17.6 Å². The lowest BCUT2D eigenvalue weighted by atomic mass is 10.2. The predicted molar refractivity (Wildman–Crippen MR) is 115 cm³/mol. The van der Waals surface area contributed by atoms with E-state index in [0.29, 0.717) is 28.8 Å². The first-order valence-electron chi connectivity index (χ1n) is 8.75. The number of amides is 1. The van der Waals surface area contributed by atoms with Crippen molar-refractivity contribution >= 4 is 40.9 Å². The number of rotatable bonds is 7. The van der Waals surface area contributed by atoms with E-state index in [1.807, 2.05) is 37.3 Å². The van der Waals surface area contributed by atoms with Crippen LogP contribution < -0.4 is 16.4 Å². The molecule has 0 aliphatic heterocycles. The second-order valence-electron chi connectivity index (χ2n) is 6.07. The highest BCUT2D eigenvalue weighted by molar-refractivity contribution is 7.99. The molecule has 1 heterocycles. The van der Waals surface area contributed by atoms with Gasteiger partial charge in [-0.25, -0.2) is 0 Å². The Kier molecular flexibility index (Phi) is 6.60. The van der Waals surface area contributed by atoms with Crippen LogP contribution in [-0.2, 0) is 10.5 Å². The number of thioether (sulfide) groups is 1. The van der Waals surface area contributed by atoms with Crippen LogP contribution in [-0.4, -0.2) is 26.6 Å². The molecule has 9 heteroatoms. The van der Waals surface area contributed by atoms with Crippen molar-refractivity contribution in [3.05, 3.63) is 65.5 Å². The number of nitrogens with two attached hydrogens (primary N) is 1. The quantitative estimate of drug-likeness (QED) is 0.546. The molecule has 0 aliphatic rings. The maximum atomic E-state index is 12.2. The first kappa shape index (κ1) is 20.1. The fourth-order valence-corrected chi connectivity index (χ4v) is 3.17. The third-order valence-corrected chi connectivity index (χ3v) is 4.81. The van der Waals surface area contributed by atoms with Gasteiger partial charge in [-0.1, -0.05) is 30.3 Å². The van der Waals surface area contributed by atoms with Gasteiger partial charge in [0.15, 0.2) is 0 Å². The molecule has 0 bridgehead atoms. The molecule has 1 aromatic heterocycles. The number of nitrogen functional groups attached to an aromatic ring is 1. The monoisotopic (exact) mass is 405 g/mol. The Labute approximate surface area is 172 Å². The average molecular weight is 405 g/mol. The summed E-state index contributed by atoms with van der Waals surface area (Å²) in [5, 5.41) is 15.0. The topological polar surface area (TPSA) is 130 Å². The largest absolute Gasteiger partial charge is 0.368 e. The Balaban J connectivity index is 1.58. The minimum absolute atomic E-state index is 0.110. The number of para-hydroxylation sites is 2. The number of aryl methyl sites for hydroxylation is 1. The van der Waals surface area contributed by atoms with Crippen LogP contribution in [0.3, 0.4) is 0 Å². The molecule has 2 aromatic carbocycles. The van der Waals surface area contributed by atoms with E-state index in [4.69, 9.17) is 11.0 Å². The second-order valence-corrected chi connectivity index (χ2v) is 7.06.